The predicted octanol–water partition coefficient (Wildman–Crippen LogP) is -0.373. The summed E-state index contributed by atoms with van der Waals surface area (Å²) in [4.78, 5) is 11.4. The molecule has 4 nitrogen and oxygen atoms in total. The van der Waals surface area contributed by atoms with Gasteiger partial charge in [0, 0.05) is 18.0 Å². The first-order valence-electron chi connectivity index (χ1n) is 4.90. The standard InChI is InChI=1S/C9H16N2O2/c1-2-13-9(12)8-6-3-5(11-8)4-7(6)10/h5-8,11H,2-4,10H2,1H3/t5-,6-,7-,8+/m1/s1. The minimum absolute atomic E-state index is 0.134. The van der Waals surface area contributed by atoms with E-state index in [0.717, 1.165) is 12.8 Å². The van der Waals surface area contributed by atoms with Crippen LogP contribution in [0, 0.1) is 5.92 Å². The number of piperidine rings is 1. The molecule has 0 radical (unpaired) electrons. The van der Waals surface area contributed by atoms with Crippen molar-refractivity contribution in [1.82, 2.24) is 5.32 Å². The van der Waals surface area contributed by atoms with Crippen LogP contribution < -0.4 is 11.1 Å². The number of hydrogen-bond donors (Lipinski definition) is 2. The second-order valence-corrected chi connectivity index (χ2v) is 3.89. The molecule has 2 bridgehead atoms. The van der Waals surface area contributed by atoms with E-state index in [9.17, 15) is 4.79 Å². The maximum Gasteiger partial charge on any atom is 0.323 e. The highest BCUT2D eigenvalue weighted by molar-refractivity contribution is 5.77. The van der Waals surface area contributed by atoms with Gasteiger partial charge in [-0.15, -0.1) is 0 Å². The van der Waals surface area contributed by atoms with Gasteiger partial charge in [0.25, 0.3) is 0 Å². The average Bonchev–Trinajstić information content (AvgIpc) is 2.62. The second-order valence-electron chi connectivity index (χ2n) is 3.89. The molecule has 1 aliphatic carbocycles. The fourth-order valence-corrected chi connectivity index (χ4v) is 2.47. The molecule has 0 aromatic rings. The second kappa shape index (κ2) is 3.27. The van der Waals surface area contributed by atoms with E-state index in [0.29, 0.717) is 18.6 Å². The number of fused-ring (bicyclic) bond motifs is 2. The van der Waals surface area contributed by atoms with Gasteiger partial charge in [-0.05, 0) is 19.8 Å². The Morgan fingerprint density at radius 2 is 2.38 bits per heavy atom. The van der Waals surface area contributed by atoms with E-state index in [4.69, 9.17) is 10.5 Å². The molecule has 1 aliphatic heterocycles. The van der Waals surface area contributed by atoms with Gasteiger partial charge in [0.15, 0.2) is 0 Å². The van der Waals surface area contributed by atoms with E-state index in [1.165, 1.54) is 0 Å². The van der Waals surface area contributed by atoms with E-state index < -0.39 is 0 Å². The first kappa shape index (κ1) is 8.97. The summed E-state index contributed by atoms with van der Waals surface area (Å²) in [7, 11) is 0. The molecule has 3 N–H and O–H groups in total. The predicted molar refractivity (Wildman–Crippen MR) is 48.0 cm³/mol. The van der Waals surface area contributed by atoms with Crippen LogP contribution in [0.25, 0.3) is 0 Å². The van der Waals surface area contributed by atoms with Crippen LogP contribution in [0.5, 0.6) is 0 Å². The molecule has 13 heavy (non-hydrogen) atoms. The van der Waals surface area contributed by atoms with E-state index in [1.54, 1.807) is 0 Å². The van der Waals surface area contributed by atoms with Gasteiger partial charge in [-0.1, -0.05) is 0 Å². The Balaban J connectivity index is 1.99. The molecule has 0 unspecified atom stereocenters. The summed E-state index contributed by atoms with van der Waals surface area (Å²) in [6.07, 6.45) is 2.03. The molecule has 2 fully saturated rings. The number of rotatable bonds is 2. The number of nitrogens with one attached hydrogen (secondary N) is 1. The van der Waals surface area contributed by atoms with E-state index in [1.807, 2.05) is 6.92 Å². The molecule has 4 atom stereocenters. The normalized spacial score (nSPS) is 42.3. The quantitative estimate of drug-likeness (QED) is 0.575. The van der Waals surface area contributed by atoms with Gasteiger partial charge in [0.05, 0.1) is 6.61 Å². The molecule has 1 heterocycles. The van der Waals surface area contributed by atoms with Crippen LogP contribution in [-0.2, 0) is 9.53 Å². The molecule has 0 aromatic carbocycles. The van der Waals surface area contributed by atoms with Crippen molar-refractivity contribution in [3.05, 3.63) is 0 Å². The van der Waals surface area contributed by atoms with Crippen LogP contribution in [-0.4, -0.2) is 30.7 Å². The zero-order valence-corrected chi connectivity index (χ0v) is 7.82. The Labute approximate surface area is 77.8 Å². The molecular weight excluding hydrogens is 168 g/mol. The summed E-state index contributed by atoms with van der Waals surface area (Å²) >= 11 is 0. The fourth-order valence-electron chi connectivity index (χ4n) is 2.47. The van der Waals surface area contributed by atoms with Crippen molar-refractivity contribution in [1.29, 1.82) is 0 Å². The third kappa shape index (κ3) is 1.44. The molecule has 2 rings (SSSR count). The monoisotopic (exact) mass is 184 g/mol. The highest BCUT2D eigenvalue weighted by Crippen LogP contribution is 2.34. The van der Waals surface area contributed by atoms with Crippen LogP contribution in [0.1, 0.15) is 19.8 Å². The smallest absolute Gasteiger partial charge is 0.323 e. The molecule has 0 amide bonds. The molecule has 0 spiro atoms. The van der Waals surface area contributed by atoms with E-state index >= 15 is 0 Å². The van der Waals surface area contributed by atoms with Crippen LogP contribution in [0.3, 0.4) is 0 Å². The molecular formula is C9H16N2O2. The number of esters is 1. The lowest BCUT2D eigenvalue weighted by atomic mass is 9.96. The Kier molecular flexibility index (Phi) is 2.26. The van der Waals surface area contributed by atoms with Gasteiger partial charge >= 0.3 is 5.97 Å². The van der Waals surface area contributed by atoms with Crippen molar-refractivity contribution in [2.45, 2.75) is 37.9 Å². The zero-order chi connectivity index (χ0) is 9.42. The zero-order valence-electron chi connectivity index (χ0n) is 7.82. The first-order valence-corrected chi connectivity index (χ1v) is 4.90. The van der Waals surface area contributed by atoms with Crippen LogP contribution in [0.4, 0.5) is 0 Å². The maximum absolute atomic E-state index is 11.4. The Hall–Kier alpha value is -0.610. The highest BCUT2D eigenvalue weighted by atomic mass is 16.5. The number of carbonyl (C=O) groups excluding carboxylic acids is 1. The van der Waals surface area contributed by atoms with E-state index in [2.05, 4.69) is 5.32 Å². The van der Waals surface area contributed by atoms with Crippen molar-refractivity contribution < 1.29 is 9.53 Å². The van der Waals surface area contributed by atoms with Gasteiger partial charge in [-0.2, -0.15) is 0 Å². The van der Waals surface area contributed by atoms with Gasteiger partial charge in [-0.3, -0.25) is 4.79 Å². The van der Waals surface area contributed by atoms with Crippen molar-refractivity contribution in [2.75, 3.05) is 6.61 Å². The molecule has 0 aromatic heterocycles. The number of nitrogens with two attached hydrogens (primary N) is 1. The summed E-state index contributed by atoms with van der Waals surface area (Å²) in [6.45, 7) is 2.27. The molecule has 1 saturated carbocycles. The van der Waals surface area contributed by atoms with Gasteiger partial charge in [0.2, 0.25) is 0 Å². The lowest BCUT2D eigenvalue weighted by Gasteiger charge is -2.25. The average molecular weight is 184 g/mol. The van der Waals surface area contributed by atoms with Crippen molar-refractivity contribution in [3.8, 4) is 0 Å². The third-order valence-corrected chi connectivity index (χ3v) is 3.05. The Morgan fingerprint density at radius 3 is 2.92 bits per heavy atom. The topological polar surface area (TPSA) is 64.3 Å². The summed E-state index contributed by atoms with van der Waals surface area (Å²) in [5.74, 6) is 0.161. The van der Waals surface area contributed by atoms with Gasteiger partial charge in [0.1, 0.15) is 6.04 Å². The van der Waals surface area contributed by atoms with Crippen LogP contribution in [0.2, 0.25) is 0 Å². The molecule has 74 valence electrons. The van der Waals surface area contributed by atoms with Crippen LogP contribution in [0.15, 0.2) is 0 Å². The van der Waals surface area contributed by atoms with Crippen LogP contribution >= 0.6 is 0 Å². The Bertz CT molecular complexity index is 220. The lowest BCUT2D eigenvalue weighted by Crippen LogP contribution is -2.50. The lowest BCUT2D eigenvalue weighted by molar-refractivity contribution is -0.146. The van der Waals surface area contributed by atoms with Gasteiger partial charge < -0.3 is 15.8 Å². The largest absolute Gasteiger partial charge is 0.465 e. The minimum Gasteiger partial charge on any atom is -0.465 e. The first-order chi connectivity index (χ1) is 6.22. The minimum atomic E-state index is -0.145. The van der Waals surface area contributed by atoms with Gasteiger partial charge in [-0.25, -0.2) is 0 Å². The van der Waals surface area contributed by atoms with Crippen molar-refractivity contribution in [3.63, 3.8) is 0 Å². The Morgan fingerprint density at radius 1 is 1.62 bits per heavy atom. The summed E-state index contributed by atoms with van der Waals surface area (Å²) < 4.78 is 4.97. The highest BCUT2D eigenvalue weighted by Gasteiger charge is 2.47. The number of carbonyl (C=O) groups is 1. The number of ether oxygens (including phenoxy) is 1. The van der Waals surface area contributed by atoms with Crippen molar-refractivity contribution in [2.24, 2.45) is 11.7 Å². The molecule has 1 saturated heterocycles. The molecule has 4 heteroatoms. The summed E-state index contributed by atoms with van der Waals surface area (Å²) in [5.41, 5.74) is 5.90. The summed E-state index contributed by atoms with van der Waals surface area (Å²) in [5, 5.41) is 3.25. The fraction of sp³-hybridized carbons (Fsp3) is 0.889. The number of hydrogen-bond acceptors (Lipinski definition) is 4. The third-order valence-electron chi connectivity index (χ3n) is 3.05. The SMILES string of the molecule is CCOC(=O)[C@H]1N[C@@H]2C[C@@H]1[C@H](N)C2. The molecule has 2 aliphatic rings. The summed E-state index contributed by atoms with van der Waals surface area (Å²) in [6, 6.07) is 0.476. The van der Waals surface area contributed by atoms with E-state index in [-0.39, 0.29) is 18.1 Å². The van der Waals surface area contributed by atoms with Crippen molar-refractivity contribution >= 4 is 5.97 Å². The maximum atomic E-state index is 11.4.